The van der Waals surface area contributed by atoms with E-state index in [9.17, 15) is 28.0 Å². The molecule has 154 valence electrons. The Hall–Kier alpha value is -2.72. The minimum atomic E-state index is -2.46. The first-order valence-corrected chi connectivity index (χ1v) is 9.43. The molecule has 1 aromatic carbocycles. The number of fused-ring (bicyclic) bond motifs is 1. The van der Waals surface area contributed by atoms with Gasteiger partial charge in [0, 0.05) is 32.6 Å². The lowest BCUT2D eigenvalue weighted by Crippen LogP contribution is -2.54. The molecule has 2 saturated heterocycles. The molecule has 29 heavy (non-hydrogen) atoms. The fraction of sp³-hybridized carbons (Fsp3) is 0.474. The molecule has 10 heteroatoms. The van der Waals surface area contributed by atoms with Crippen LogP contribution < -0.4 is 10.6 Å². The monoisotopic (exact) mass is 406 g/mol. The molecular formula is C19H20F2N4O4. The molecule has 2 unspecified atom stereocenters. The lowest BCUT2D eigenvalue weighted by molar-refractivity contribution is -0.136. The standard InChI is InChI=1S/C19H20F2N4O4/c20-16(21)13-9-24(6-5-22-13)8-10-1-2-11-12(7-10)19(29)25(18(11)28)14-3-4-15(26)23-17(14)27/h1-2,7,13-14,16,22H,3-6,8-9H2,(H,23,26,27). The van der Waals surface area contributed by atoms with Crippen molar-refractivity contribution in [2.24, 2.45) is 0 Å². The number of alkyl halides is 2. The summed E-state index contributed by atoms with van der Waals surface area (Å²) in [6.45, 7) is 1.60. The molecule has 3 aliphatic heterocycles. The van der Waals surface area contributed by atoms with E-state index in [-0.39, 0.29) is 30.5 Å². The van der Waals surface area contributed by atoms with Crippen molar-refractivity contribution >= 4 is 23.6 Å². The maximum absolute atomic E-state index is 13.0. The molecular weight excluding hydrogens is 386 g/mol. The van der Waals surface area contributed by atoms with Crippen LogP contribution in [-0.4, -0.2) is 71.6 Å². The van der Waals surface area contributed by atoms with Crippen LogP contribution in [0.2, 0.25) is 0 Å². The fourth-order valence-electron chi connectivity index (χ4n) is 4.03. The van der Waals surface area contributed by atoms with Crippen LogP contribution in [0.15, 0.2) is 18.2 Å². The second-order valence-corrected chi connectivity index (χ2v) is 7.46. The molecule has 2 N–H and O–H groups in total. The van der Waals surface area contributed by atoms with Crippen LogP contribution in [-0.2, 0) is 16.1 Å². The number of carbonyl (C=O) groups is 4. The number of piperidine rings is 1. The van der Waals surface area contributed by atoms with Gasteiger partial charge in [-0.15, -0.1) is 0 Å². The van der Waals surface area contributed by atoms with E-state index in [0.717, 1.165) is 10.5 Å². The molecule has 0 aliphatic carbocycles. The summed E-state index contributed by atoms with van der Waals surface area (Å²) in [5.41, 5.74) is 1.12. The van der Waals surface area contributed by atoms with Crippen molar-refractivity contribution in [3.05, 3.63) is 34.9 Å². The van der Waals surface area contributed by atoms with Crippen molar-refractivity contribution in [1.29, 1.82) is 0 Å². The van der Waals surface area contributed by atoms with Gasteiger partial charge in [0.1, 0.15) is 6.04 Å². The van der Waals surface area contributed by atoms with Crippen molar-refractivity contribution in [3.63, 3.8) is 0 Å². The third kappa shape index (κ3) is 3.65. The van der Waals surface area contributed by atoms with Crippen molar-refractivity contribution in [1.82, 2.24) is 20.4 Å². The SMILES string of the molecule is O=C1CCC(N2C(=O)c3ccc(CN4CCNC(C(F)F)C4)cc3C2=O)C(=O)N1. The Morgan fingerprint density at radius 2 is 1.86 bits per heavy atom. The zero-order chi connectivity index (χ0) is 20.7. The molecule has 4 rings (SSSR count). The van der Waals surface area contributed by atoms with Gasteiger partial charge in [-0.3, -0.25) is 34.3 Å². The Morgan fingerprint density at radius 1 is 1.10 bits per heavy atom. The van der Waals surface area contributed by atoms with Crippen LogP contribution in [0.5, 0.6) is 0 Å². The average molecular weight is 406 g/mol. The Kier molecular flexibility index (Phi) is 5.13. The highest BCUT2D eigenvalue weighted by Crippen LogP contribution is 2.28. The van der Waals surface area contributed by atoms with E-state index < -0.39 is 42.1 Å². The van der Waals surface area contributed by atoms with Gasteiger partial charge in [-0.25, -0.2) is 8.78 Å². The van der Waals surface area contributed by atoms with E-state index >= 15 is 0 Å². The number of imide groups is 2. The average Bonchev–Trinajstić information content (AvgIpc) is 2.93. The van der Waals surface area contributed by atoms with Crippen LogP contribution in [0.3, 0.4) is 0 Å². The van der Waals surface area contributed by atoms with Gasteiger partial charge < -0.3 is 5.32 Å². The lowest BCUT2D eigenvalue weighted by atomic mass is 10.0. The molecule has 0 bridgehead atoms. The molecule has 0 aromatic heterocycles. The van der Waals surface area contributed by atoms with E-state index in [0.29, 0.717) is 19.6 Å². The van der Waals surface area contributed by atoms with Crippen molar-refractivity contribution in [2.45, 2.75) is 37.9 Å². The summed E-state index contributed by atoms with van der Waals surface area (Å²) >= 11 is 0. The van der Waals surface area contributed by atoms with Crippen LogP contribution in [0.1, 0.15) is 39.1 Å². The summed E-state index contributed by atoms with van der Waals surface area (Å²) in [5.74, 6) is -2.23. The number of carbonyl (C=O) groups excluding carboxylic acids is 4. The second kappa shape index (κ2) is 7.60. The largest absolute Gasteiger partial charge is 0.307 e. The first kappa shape index (κ1) is 19.6. The van der Waals surface area contributed by atoms with Gasteiger partial charge >= 0.3 is 0 Å². The number of amides is 4. The maximum Gasteiger partial charge on any atom is 0.262 e. The first-order valence-electron chi connectivity index (χ1n) is 9.43. The quantitative estimate of drug-likeness (QED) is 0.690. The third-order valence-electron chi connectivity index (χ3n) is 5.50. The number of benzene rings is 1. The molecule has 3 aliphatic rings. The van der Waals surface area contributed by atoms with E-state index in [1.807, 2.05) is 4.90 Å². The number of nitrogens with zero attached hydrogens (tertiary/aromatic N) is 2. The number of hydrogen-bond donors (Lipinski definition) is 2. The number of piperazine rings is 1. The van der Waals surface area contributed by atoms with Crippen LogP contribution in [0.4, 0.5) is 8.78 Å². The minimum Gasteiger partial charge on any atom is -0.307 e. The van der Waals surface area contributed by atoms with E-state index in [4.69, 9.17) is 0 Å². The molecule has 4 amide bonds. The highest BCUT2D eigenvalue weighted by molar-refractivity contribution is 6.23. The van der Waals surface area contributed by atoms with Crippen molar-refractivity contribution in [2.75, 3.05) is 19.6 Å². The zero-order valence-corrected chi connectivity index (χ0v) is 15.5. The predicted molar refractivity (Wildman–Crippen MR) is 96.2 cm³/mol. The smallest absolute Gasteiger partial charge is 0.262 e. The molecule has 8 nitrogen and oxygen atoms in total. The fourth-order valence-corrected chi connectivity index (χ4v) is 4.03. The minimum absolute atomic E-state index is 0.0589. The summed E-state index contributed by atoms with van der Waals surface area (Å²) in [6, 6.07) is 2.90. The molecule has 0 spiro atoms. The third-order valence-corrected chi connectivity index (χ3v) is 5.50. The van der Waals surface area contributed by atoms with Gasteiger partial charge in [0.25, 0.3) is 18.2 Å². The van der Waals surface area contributed by atoms with E-state index in [2.05, 4.69) is 10.6 Å². The molecule has 2 fully saturated rings. The highest BCUT2D eigenvalue weighted by Gasteiger charge is 2.44. The first-order chi connectivity index (χ1) is 13.8. The van der Waals surface area contributed by atoms with Gasteiger partial charge in [-0.1, -0.05) is 6.07 Å². The molecule has 0 radical (unpaired) electrons. The number of halogens is 2. The molecule has 3 heterocycles. The number of nitrogens with one attached hydrogen (secondary N) is 2. The topological polar surface area (TPSA) is 98.8 Å². The van der Waals surface area contributed by atoms with Gasteiger partial charge in [0.2, 0.25) is 11.8 Å². The Labute approximate surface area is 165 Å². The Bertz CT molecular complexity index is 891. The second-order valence-electron chi connectivity index (χ2n) is 7.46. The highest BCUT2D eigenvalue weighted by atomic mass is 19.3. The number of rotatable bonds is 4. The Balaban J connectivity index is 1.51. The summed E-state index contributed by atoms with van der Waals surface area (Å²) in [4.78, 5) is 51.7. The normalized spacial score (nSPS) is 25.6. The van der Waals surface area contributed by atoms with Crippen LogP contribution >= 0.6 is 0 Å². The van der Waals surface area contributed by atoms with E-state index in [1.165, 1.54) is 6.07 Å². The Morgan fingerprint density at radius 3 is 2.59 bits per heavy atom. The maximum atomic E-state index is 13.0. The molecule has 0 saturated carbocycles. The van der Waals surface area contributed by atoms with Crippen LogP contribution in [0.25, 0.3) is 0 Å². The van der Waals surface area contributed by atoms with Crippen molar-refractivity contribution < 1.29 is 28.0 Å². The zero-order valence-electron chi connectivity index (χ0n) is 15.5. The predicted octanol–water partition coefficient (Wildman–Crippen LogP) is 0.127. The van der Waals surface area contributed by atoms with E-state index in [1.54, 1.807) is 12.1 Å². The lowest BCUT2D eigenvalue weighted by Gasteiger charge is -2.33. The summed E-state index contributed by atoms with van der Waals surface area (Å²) in [7, 11) is 0. The molecule has 2 atom stereocenters. The van der Waals surface area contributed by atoms with Gasteiger partial charge in [0.15, 0.2) is 0 Å². The summed E-state index contributed by atoms with van der Waals surface area (Å²) in [6.07, 6.45) is -2.30. The van der Waals surface area contributed by atoms with Gasteiger partial charge in [-0.2, -0.15) is 0 Å². The summed E-state index contributed by atoms with van der Waals surface area (Å²) in [5, 5.41) is 4.93. The van der Waals surface area contributed by atoms with Crippen molar-refractivity contribution in [3.8, 4) is 0 Å². The number of hydrogen-bond acceptors (Lipinski definition) is 6. The van der Waals surface area contributed by atoms with Crippen LogP contribution in [0, 0.1) is 0 Å². The molecule has 1 aromatic rings. The van der Waals surface area contributed by atoms with Gasteiger partial charge in [0.05, 0.1) is 17.2 Å². The summed E-state index contributed by atoms with van der Waals surface area (Å²) < 4.78 is 25.9. The van der Waals surface area contributed by atoms with Gasteiger partial charge in [-0.05, 0) is 24.1 Å².